The molecule has 0 bridgehead atoms. The highest BCUT2D eigenvalue weighted by molar-refractivity contribution is 7.88. The molecule has 2 rings (SSSR count). The van der Waals surface area contributed by atoms with Gasteiger partial charge < -0.3 is 10.0 Å². The maximum absolute atomic E-state index is 12.4. The van der Waals surface area contributed by atoms with Crippen LogP contribution in [0.5, 0.6) is 0 Å². The van der Waals surface area contributed by atoms with Gasteiger partial charge in [0.25, 0.3) is 0 Å². The summed E-state index contributed by atoms with van der Waals surface area (Å²) in [6.07, 6.45) is 4.00. The zero-order chi connectivity index (χ0) is 14.9. The van der Waals surface area contributed by atoms with Crippen molar-refractivity contribution in [2.24, 2.45) is 11.8 Å². The Kier molecular flexibility index (Phi) is 4.71. The lowest BCUT2D eigenvalue weighted by molar-refractivity contribution is -0.137. The van der Waals surface area contributed by atoms with Gasteiger partial charge in [-0.1, -0.05) is 0 Å². The Balaban J connectivity index is 1.88. The smallest absolute Gasteiger partial charge is 0.226 e. The Labute approximate surface area is 120 Å². The predicted octanol–water partition coefficient (Wildman–Crippen LogP) is -0.113. The van der Waals surface area contributed by atoms with Gasteiger partial charge in [-0.15, -0.1) is 0 Å². The number of aliphatic hydroxyl groups excluding tert-OH is 1. The summed E-state index contributed by atoms with van der Waals surface area (Å²) >= 11 is 0. The second-order valence-corrected chi connectivity index (χ2v) is 8.15. The van der Waals surface area contributed by atoms with Gasteiger partial charge in [0, 0.05) is 26.7 Å². The first-order valence-electron chi connectivity index (χ1n) is 7.15. The number of amides is 1. The molecule has 6 nitrogen and oxygen atoms in total. The highest BCUT2D eigenvalue weighted by Crippen LogP contribution is 2.28. The van der Waals surface area contributed by atoms with Crippen molar-refractivity contribution in [3.63, 3.8) is 0 Å². The topological polar surface area (TPSA) is 77.9 Å². The highest BCUT2D eigenvalue weighted by atomic mass is 32.2. The van der Waals surface area contributed by atoms with Crippen LogP contribution in [-0.4, -0.2) is 67.7 Å². The van der Waals surface area contributed by atoms with E-state index in [4.69, 9.17) is 0 Å². The molecule has 7 heteroatoms. The fourth-order valence-corrected chi connectivity index (χ4v) is 4.00. The fraction of sp³-hybridized carbons (Fsp3) is 0.923. The van der Waals surface area contributed by atoms with Gasteiger partial charge in [0.1, 0.15) is 0 Å². The van der Waals surface area contributed by atoms with Crippen molar-refractivity contribution in [3.05, 3.63) is 0 Å². The molecule has 0 aromatic heterocycles. The molecule has 0 spiro atoms. The number of nitrogens with zero attached hydrogens (tertiary/aromatic N) is 2. The Morgan fingerprint density at radius 3 is 2.60 bits per heavy atom. The molecule has 1 aliphatic carbocycles. The SMILES string of the molecule is CN(CC1CC(O)C1)C(=O)C1CCCN(S(C)(=O)=O)C1. The third kappa shape index (κ3) is 3.71. The summed E-state index contributed by atoms with van der Waals surface area (Å²) < 4.78 is 24.5. The number of hydrogen-bond acceptors (Lipinski definition) is 4. The number of carbonyl (C=O) groups excluding carboxylic acids is 1. The van der Waals surface area contributed by atoms with Crippen molar-refractivity contribution in [2.45, 2.75) is 31.8 Å². The molecule has 1 saturated carbocycles. The van der Waals surface area contributed by atoms with E-state index in [-0.39, 0.29) is 17.9 Å². The molecule has 0 radical (unpaired) electrons. The van der Waals surface area contributed by atoms with E-state index < -0.39 is 10.0 Å². The largest absolute Gasteiger partial charge is 0.393 e. The van der Waals surface area contributed by atoms with Crippen LogP contribution in [-0.2, 0) is 14.8 Å². The molecule has 1 aliphatic heterocycles. The molecule has 1 unspecified atom stereocenters. The van der Waals surface area contributed by atoms with Gasteiger partial charge in [-0.25, -0.2) is 12.7 Å². The minimum absolute atomic E-state index is 0.0275. The lowest BCUT2D eigenvalue weighted by atomic mass is 9.82. The number of sulfonamides is 1. The molecule has 1 N–H and O–H groups in total. The third-order valence-electron chi connectivity index (χ3n) is 4.32. The predicted molar refractivity (Wildman–Crippen MR) is 75.5 cm³/mol. The van der Waals surface area contributed by atoms with Crippen molar-refractivity contribution < 1.29 is 18.3 Å². The van der Waals surface area contributed by atoms with E-state index in [1.54, 1.807) is 11.9 Å². The number of rotatable bonds is 4. The average molecular weight is 304 g/mol. The second kappa shape index (κ2) is 5.99. The molecule has 20 heavy (non-hydrogen) atoms. The fourth-order valence-electron chi connectivity index (χ4n) is 3.08. The summed E-state index contributed by atoms with van der Waals surface area (Å²) in [4.78, 5) is 14.1. The molecule has 1 amide bonds. The van der Waals surface area contributed by atoms with E-state index in [1.165, 1.54) is 10.6 Å². The van der Waals surface area contributed by atoms with E-state index in [0.29, 0.717) is 25.6 Å². The average Bonchev–Trinajstić information content (AvgIpc) is 2.35. The van der Waals surface area contributed by atoms with E-state index >= 15 is 0 Å². The Hall–Kier alpha value is -0.660. The summed E-state index contributed by atoms with van der Waals surface area (Å²) in [5.41, 5.74) is 0. The first kappa shape index (κ1) is 15.7. The van der Waals surface area contributed by atoms with Crippen molar-refractivity contribution >= 4 is 15.9 Å². The first-order valence-corrected chi connectivity index (χ1v) is 9.00. The Bertz CT molecular complexity index is 459. The van der Waals surface area contributed by atoms with E-state index in [9.17, 15) is 18.3 Å². The van der Waals surface area contributed by atoms with Gasteiger partial charge in [0.05, 0.1) is 18.3 Å². The Morgan fingerprint density at radius 1 is 1.40 bits per heavy atom. The maximum Gasteiger partial charge on any atom is 0.226 e. The van der Waals surface area contributed by atoms with E-state index in [2.05, 4.69) is 0 Å². The van der Waals surface area contributed by atoms with Gasteiger partial charge in [0.2, 0.25) is 15.9 Å². The minimum atomic E-state index is -3.21. The van der Waals surface area contributed by atoms with Crippen LogP contribution in [0, 0.1) is 11.8 Å². The van der Waals surface area contributed by atoms with Gasteiger partial charge in [-0.2, -0.15) is 0 Å². The molecule has 2 fully saturated rings. The first-order chi connectivity index (χ1) is 9.27. The molecular weight excluding hydrogens is 280 g/mol. The summed E-state index contributed by atoms with van der Waals surface area (Å²) in [6.45, 7) is 1.47. The molecule has 116 valence electrons. The molecule has 1 atom stereocenters. The van der Waals surface area contributed by atoms with Crippen LogP contribution in [0.1, 0.15) is 25.7 Å². The van der Waals surface area contributed by atoms with Crippen LogP contribution in [0.25, 0.3) is 0 Å². The van der Waals surface area contributed by atoms with Gasteiger partial charge >= 0.3 is 0 Å². The summed E-state index contributed by atoms with van der Waals surface area (Å²) in [5, 5.41) is 9.27. The molecule has 2 aliphatic rings. The zero-order valence-electron chi connectivity index (χ0n) is 12.2. The number of hydrogen-bond donors (Lipinski definition) is 1. The van der Waals surface area contributed by atoms with Gasteiger partial charge in [-0.3, -0.25) is 4.79 Å². The van der Waals surface area contributed by atoms with Crippen molar-refractivity contribution in [2.75, 3.05) is 32.9 Å². The lowest BCUT2D eigenvalue weighted by Crippen LogP contribution is -2.47. The summed E-state index contributed by atoms with van der Waals surface area (Å²) in [5.74, 6) is 0.182. The quantitative estimate of drug-likeness (QED) is 0.786. The summed E-state index contributed by atoms with van der Waals surface area (Å²) in [7, 11) is -1.44. The van der Waals surface area contributed by atoms with Crippen molar-refractivity contribution in [3.8, 4) is 0 Å². The number of carbonyl (C=O) groups is 1. The monoisotopic (exact) mass is 304 g/mol. The minimum Gasteiger partial charge on any atom is -0.393 e. The molecule has 0 aromatic carbocycles. The standard InChI is InChI=1S/C13H24N2O4S/c1-14(8-10-6-12(16)7-10)13(17)11-4-3-5-15(9-11)20(2,18)19/h10-12,16H,3-9H2,1-2H3. The molecule has 0 aromatic rings. The van der Waals surface area contributed by atoms with Gasteiger partial charge in [-0.05, 0) is 31.6 Å². The van der Waals surface area contributed by atoms with Crippen LogP contribution in [0.4, 0.5) is 0 Å². The van der Waals surface area contributed by atoms with Crippen LogP contribution in [0.15, 0.2) is 0 Å². The van der Waals surface area contributed by atoms with Crippen molar-refractivity contribution in [1.82, 2.24) is 9.21 Å². The molecular formula is C13H24N2O4S. The normalized spacial score (nSPS) is 31.6. The van der Waals surface area contributed by atoms with Crippen LogP contribution >= 0.6 is 0 Å². The maximum atomic E-state index is 12.4. The van der Waals surface area contributed by atoms with Crippen LogP contribution in [0.2, 0.25) is 0 Å². The van der Waals surface area contributed by atoms with E-state index in [1.807, 2.05) is 0 Å². The van der Waals surface area contributed by atoms with Crippen molar-refractivity contribution in [1.29, 1.82) is 0 Å². The van der Waals surface area contributed by atoms with E-state index in [0.717, 1.165) is 25.7 Å². The lowest BCUT2D eigenvalue weighted by Gasteiger charge is -2.37. The molecule has 1 saturated heterocycles. The third-order valence-corrected chi connectivity index (χ3v) is 5.59. The molecule has 1 heterocycles. The van der Waals surface area contributed by atoms with Crippen LogP contribution in [0.3, 0.4) is 0 Å². The van der Waals surface area contributed by atoms with Gasteiger partial charge in [0.15, 0.2) is 0 Å². The second-order valence-electron chi connectivity index (χ2n) is 6.17. The highest BCUT2D eigenvalue weighted by Gasteiger charge is 2.34. The number of aliphatic hydroxyl groups is 1. The van der Waals surface area contributed by atoms with Crippen LogP contribution < -0.4 is 0 Å². The Morgan fingerprint density at radius 2 is 2.05 bits per heavy atom. The number of piperidine rings is 1. The zero-order valence-corrected chi connectivity index (χ0v) is 13.0. The summed E-state index contributed by atoms with van der Waals surface area (Å²) in [6, 6.07) is 0.